The predicted molar refractivity (Wildman–Crippen MR) is 48.2 cm³/mol. The third-order valence-corrected chi connectivity index (χ3v) is 2.33. The summed E-state index contributed by atoms with van der Waals surface area (Å²) in [5.74, 6) is -0.488. The molecule has 4 nitrogen and oxygen atoms in total. The van der Waals surface area contributed by atoms with Crippen molar-refractivity contribution < 1.29 is 14.3 Å². The Labute approximate surface area is 78.9 Å². The van der Waals surface area contributed by atoms with E-state index < -0.39 is 5.97 Å². The molecule has 0 atom stereocenters. The summed E-state index contributed by atoms with van der Waals surface area (Å²) in [6, 6.07) is 1.63. The summed E-state index contributed by atoms with van der Waals surface area (Å²) < 4.78 is 4.51. The summed E-state index contributed by atoms with van der Waals surface area (Å²) >= 11 is 1.25. The Kier molecular flexibility index (Phi) is 2.95. The Balaban J connectivity index is 3.18. The van der Waals surface area contributed by atoms with Crippen LogP contribution in [0.4, 0.5) is 5.00 Å². The number of aliphatic imine (C=N–C) groups is 1. The zero-order chi connectivity index (χ0) is 9.84. The van der Waals surface area contributed by atoms with Crippen molar-refractivity contribution in [2.45, 2.75) is 6.92 Å². The summed E-state index contributed by atoms with van der Waals surface area (Å²) in [6.07, 6.45) is 1.39. The van der Waals surface area contributed by atoms with Gasteiger partial charge < -0.3 is 4.74 Å². The van der Waals surface area contributed by atoms with Crippen molar-refractivity contribution in [1.82, 2.24) is 0 Å². The number of ether oxygens (including phenoxy) is 1. The Morgan fingerprint density at radius 1 is 1.69 bits per heavy atom. The summed E-state index contributed by atoms with van der Waals surface area (Å²) in [7, 11) is 1.28. The van der Waals surface area contributed by atoms with Gasteiger partial charge in [-0.05, 0) is 13.0 Å². The lowest BCUT2D eigenvalue weighted by atomic mass is 10.3. The van der Waals surface area contributed by atoms with Gasteiger partial charge >= 0.3 is 5.97 Å². The van der Waals surface area contributed by atoms with Crippen LogP contribution in [0.1, 0.15) is 15.2 Å². The Morgan fingerprint density at radius 3 is 2.92 bits per heavy atom. The van der Waals surface area contributed by atoms with Gasteiger partial charge in [-0.2, -0.15) is 4.99 Å². The number of aryl methyl sites for hydroxylation is 1. The lowest BCUT2D eigenvalue weighted by Gasteiger charge is -1.94. The van der Waals surface area contributed by atoms with Crippen LogP contribution in [0.3, 0.4) is 0 Å². The smallest absolute Gasteiger partial charge is 0.340 e. The second-order valence-electron chi connectivity index (χ2n) is 2.27. The molecule has 5 heteroatoms. The van der Waals surface area contributed by atoms with Crippen LogP contribution in [-0.2, 0) is 9.53 Å². The molecule has 0 aliphatic heterocycles. The highest BCUT2D eigenvalue weighted by atomic mass is 32.1. The highest BCUT2D eigenvalue weighted by Crippen LogP contribution is 2.30. The van der Waals surface area contributed by atoms with E-state index in [1.165, 1.54) is 24.5 Å². The van der Waals surface area contributed by atoms with Crippen LogP contribution in [-0.4, -0.2) is 19.2 Å². The molecule has 0 spiro atoms. The Hall–Kier alpha value is -1.45. The fourth-order valence-corrected chi connectivity index (χ4v) is 1.70. The van der Waals surface area contributed by atoms with Crippen molar-refractivity contribution in [3.63, 3.8) is 0 Å². The number of rotatable bonds is 2. The molecule has 0 unspecified atom stereocenters. The Morgan fingerprint density at radius 2 is 2.38 bits per heavy atom. The molecular weight excluding hydrogens is 190 g/mol. The van der Waals surface area contributed by atoms with Crippen molar-refractivity contribution >= 4 is 28.4 Å². The molecule has 1 aromatic rings. The van der Waals surface area contributed by atoms with Crippen LogP contribution in [0.15, 0.2) is 11.1 Å². The number of nitrogens with zero attached hydrogens (tertiary/aromatic N) is 1. The largest absolute Gasteiger partial charge is 0.465 e. The van der Waals surface area contributed by atoms with Crippen LogP contribution < -0.4 is 0 Å². The molecule has 0 fully saturated rings. The van der Waals surface area contributed by atoms with Crippen LogP contribution in [0, 0.1) is 6.92 Å². The molecule has 0 bridgehead atoms. The number of thiophene rings is 1. The predicted octanol–water partition coefficient (Wildman–Crippen LogP) is 1.81. The molecule has 0 N–H and O–H groups in total. The van der Waals surface area contributed by atoms with E-state index in [2.05, 4.69) is 9.73 Å². The number of carbonyl (C=O) groups excluding carboxylic acids is 2. The number of hydrogen-bond acceptors (Lipinski definition) is 5. The van der Waals surface area contributed by atoms with Crippen LogP contribution in [0.2, 0.25) is 0 Å². The topological polar surface area (TPSA) is 55.7 Å². The summed E-state index contributed by atoms with van der Waals surface area (Å²) in [5.41, 5.74) is 0.313. The fourth-order valence-electron chi connectivity index (χ4n) is 0.883. The first-order chi connectivity index (χ1) is 6.19. The van der Waals surface area contributed by atoms with E-state index in [4.69, 9.17) is 0 Å². The molecule has 0 aromatic carbocycles. The molecule has 0 aliphatic rings. The lowest BCUT2D eigenvalue weighted by molar-refractivity contribution is 0.0602. The highest BCUT2D eigenvalue weighted by Gasteiger charge is 2.14. The van der Waals surface area contributed by atoms with E-state index in [-0.39, 0.29) is 0 Å². The van der Waals surface area contributed by atoms with Gasteiger partial charge in [0.2, 0.25) is 6.08 Å². The molecule has 0 saturated carbocycles. The van der Waals surface area contributed by atoms with Gasteiger partial charge in [-0.1, -0.05) is 0 Å². The molecule has 1 aromatic heterocycles. The first kappa shape index (κ1) is 9.64. The SMILES string of the molecule is COC(=O)c1cc(C)sc1N=C=O. The van der Waals surface area contributed by atoms with Gasteiger partial charge in [-0.15, -0.1) is 11.3 Å². The number of esters is 1. The molecule has 0 saturated heterocycles. The summed E-state index contributed by atoms with van der Waals surface area (Å²) in [6.45, 7) is 1.82. The van der Waals surface area contributed by atoms with Gasteiger partial charge in [0.25, 0.3) is 0 Å². The first-order valence-electron chi connectivity index (χ1n) is 3.45. The van der Waals surface area contributed by atoms with E-state index >= 15 is 0 Å². The van der Waals surface area contributed by atoms with Crippen molar-refractivity contribution in [3.05, 3.63) is 16.5 Å². The standard InChI is InChI=1S/C8H7NO3S/c1-5-3-6(8(11)12-2)7(13-5)9-4-10/h3H,1-2H3. The maximum atomic E-state index is 11.1. The molecule has 0 radical (unpaired) electrons. The lowest BCUT2D eigenvalue weighted by Crippen LogP contribution is -1.98. The number of carbonyl (C=O) groups is 1. The minimum absolute atomic E-state index is 0.313. The van der Waals surface area contributed by atoms with Crippen molar-refractivity contribution in [2.75, 3.05) is 7.11 Å². The van der Waals surface area contributed by atoms with Crippen LogP contribution in [0.25, 0.3) is 0 Å². The van der Waals surface area contributed by atoms with E-state index in [1.807, 2.05) is 6.92 Å². The molecule has 0 aliphatic carbocycles. The number of hydrogen-bond donors (Lipinski definition) is 0. The molecule has 1 heterocycles. The van der Waals surface area contributed by atoms with Gasteiger partial charge in [0.1, 0.15) is 5.00 Å². The van der Waals surface area contributed by atoms with Gasteiger partial charge in [-0.3, -0.25) is 0 Å². The molecule has 1 rings (SSSR count). The van der Waals surface area contributed by atoms with Gasteiger partial charge in [-0.25, -0.2) is 9.59 Å². The van der Waals surface area contributed by atoms with E-state index in [0.717, 1.165) is 4.88 Å². The second kappa shape index (κ2) is 3.98. The normalized spacial score (nSPS) is 9.08. The maximum Gasteiger partial charge on any atom is 0.340 e. The molecule has 13 heavy (non-hydrogen) atoms. The van der Waals surface area contributed by atoms with Gasteiger partial charge in [0.15, 0.2) is 0 Å². The zero-order valence-electron chi connectivity index (χ0n) is 7.16. The Bertz CT molecular complexity index is 377. The van der Waals surface area contributed by atoms with E-state index in [9.17, 15) is 9.59 Å². The van der Waals surface area contributed by atoms with E-state index in [1.54, 1.807) is 6.07 Å². The van der Waals surface area contributed by atoms with Gasteiger partial charge in [0.05, 0.1) is 12.7 Å². The average Bonchev–Trinajstić information content (AvgIpc) is 2.46. The zero-order valence-corrected chi connectivity index (χ0v) is 7.97. The minimum atomic E-state index is -0.488. The third-order valence-electron chi connectivity index (χ3n) is 1.39. The van der Waals surface area contributed by atoms with Crippen molar-refractivity contribution in [2.24, 2.45) is 4.99 Å². The summed E-state index contributed by atoms with van der Waals surface area (Å²) in [5, 5.41) is 0.347. The quantitative estimate of drug-likeness (QED) is 0.412. The molecule has 68 valence electrons. The van der Waals surface area contributed by atoms with Crippen LogP contribution >= 0.6 is 11.3 Å². The number of methoxy groups -OCH3 is 1. The van der Waals surface area contributed by atoms with Crippen LogP contribution in [0.5, 0.6) is 0 Å². The van der Waals surface area contributed by atoms with Gasteiger partial charge in [0, 0.05) is 4.88 Å². The third kappa shape index (κ3) is 2.02. The minimum Gasteiger partial charge on any atom is -0.465 e. The van der Waals surface area contributed by atoms with Crippen molar-refractivity contribution in [1.29, 1.82) is 0 Å². The highest BCUT2D eigenvalue weighted by molar-refractivity contribution is 7.16. The number of isocyanates is 1. The maximum absolute atomic E-state index is 11.1. The average molecular weight is 197 g/mol. The second-order valence-corrected chi connectivity index (χ2v) is 3.51. The fraction of sp³-hybridized carbons (Fsp3) is 0.250. The monoisotopic (exact) mass is 197 g/mol. The first-order valence-corrected chi connectivity index (χ1v) is 4.27. The van der Waals surface area contributed by atoms with E-state index in [0.29, 0.717) is 10.6 Å². The molecular formula is C8H7NO3S. The summed E-state index contributed by atoms with van der Waals surface area (Å²) in [4.78, 5) is 25.4. The molecule has 0 amide bonds. The van der Waals surface area contributed by atoms with Crippen molar-refractivity contribution in [3.8, 4) is 0 Å².